The van der Waals surface area contributed by atoms with E-state index in [9.17, 15) is 4.79 Å². The van der Waals surface area contributed by atoms with E-state index in [0.29, 0.717) is 17.1 Å². The molecular weight excluding hydrogens is 260 g/mol. The third-order valence-electron chi connectivity index (χ3n) is 3.13. The van der Waals surface area contributed by atoms with Gasteiger partial charge in [0.15, 0.2) is 0 Å². The molecule has 2 heterocycles. The summed E-state index contributed by atoms with van der Waals surface area (Å²) < 4.78 is 2.07. The monoisotopic (exact) mass is 270 g/mol. The Morgan fingerprint density at radius 2 is 2.16 bits per heavy atom. The largest absolute Gasteiger partial charge is 0.343 e. The van der Waals surface area contributed by atoms with Crippen molar-refractivity contribution in [3.63, 3.8) is 0 Å². The predicted octanol–water partition coefficient (Wildman–Crippen LogP) is 3.55. The van der Waals surface area contributed by atoms with Crippen molar-refractivity contribution < 1.29 is 4.79 Å². The summed E-state index contributed by atoms with van der Waals surface area (Å²) >= 11 is 6.12. The van der Waals surface area contributed by atoms with Crippen molar-refractivity contribution in [3.05, 3.63) is 65.1 Å². The van der Waals surface area contributed by atoms with Gasteiger partial charge in [-0.05, 0) is 29.1 Å². The minimum atomic E-state index is 0.649. The zero-order valence-corrected chi connectivity index (χ0v) is 10.8. The molecule has 0 atom stereocenters. The number of aldehydes is 1. The average Bonchev–Trinajstić information content (AvgIpc) is 2.84. The van der Waals surface area contributed by atoms with Crippen LogP contribution in [0.2, 0.25) is 5.02 Å². The molecule has 0 bridgehead atoms. The Hall–Kier alpha value is -2.13. The molecule has 0 unspecified atom stereocenters. The Kier molecular flexibility index (Phi) is 3.05. The van der Waals surface area contributed by atoms with E-state index in [1.807, 2.05) is 36.5 Å². The van der Waals surface area contributed by atoms with Gasteiger partial charge in [0.05, 0.1) is 5.02 Å². The molecule has 3 aromatic rings. The molecule has 0 saturated heterocycles. The van der Waals surface area contributed by atoms with Crippen molar-refractivity contribution in [2.75, 3.05) is 0 Å². The van der Waals surface area contributed by atoms with Crippen LogP contribution in [-0.4, -0.2) is 15.8 Å². The number of carbonyl (C=O) groups excluding carboxylic acids is 1. The number of hydrogen-bond acceptors (Lipinski definition) is 2. The SMILES string of the molecule is O=Cc1ccc2ccn(Cc3ccncc3Cl)c2c1. The van der Waals surface area contributed by atoms with E-state index in [2.05, 4.69) is 9.55 Å². The summed E-state index contributed by atoms with van der Waals surface area (Å²) in [7, 11) is 0. The standard InChI is InChI=1S/C15H11ClN2O/c16-14-8-17-5-3-13(14)9-18-6-4-12-2-1-11(10-19)7-15(12)18/h1-8,10H,9H2. The first-order valence-corrected chi connectivity index (χ1v) is 6.28. The fraction of sp³-hybridized carbons (Fsp3) is 0.0667. The predicted molar refractivity (Wildman–Crippen MR) is 75.7 cm³/mol. The number of fused-ring (bicyclic) bond motifs is 1. The Labute approximate surface area is 115 Å². The van der Waals surface area contributed by atoms with Crippen molar-refractivity contribution in [2.45, 2.75) is 6.54 Å². The molecule has 0 amide bonds. The van der Waals surface area contributed by atoms with Crippen LogP contribution in [0.15, 0.2) is 48.9 Å². The van der Waals surface area contributed by atoms with Crippen molar-refractivity contribution in [1.29, 1.82) is 0 Å². The number of benzene rings is 1. The lowest BCUT2D eigenvalue weighted by Gasteiger charge is -2.07. The van der Waals surface area contributed by atoms with Gasteiger partial charge in [0.1, 0.15) is 6.29 Å². The van der Waals surface area contributed by atoms with Crippen LogP contribution in [-0.2, 0) is 6.54 Å². The normalized spacial score (nSPS) is 10.8. The first kappa shape index (κ1) is 11.9. The minimum absolute atomic E-state index is 0.649. The van der Waals surface area contributed by atoms with Gasteiger partial charge in [-0.3, -0.25) is 9.78 Å². The number of hydrogen-bond donors (Lipinski definition) is 0. The maximum Gasteiger partial charge on any atom is 0.150 e. The molecule has 3 nitrogen and oxygen atoms in total. The van der Waals surface area contributed by atoms with Gasteiger partial charge in [-0.2, -0.15) is 0 Å². The first-order chi connectivity index (χ1) is 9.28. The molecule has 94 valence electrons. The summed E-state index contributed by atoms with van der Waals surface area (Å²) in [6.07, 6.45) is 6.22. The second-order valence-electron chi connectivity index (χ2n) is 4.35. The quantitative estimate of drug-likeness (QED) is 0.682. The van der Waals surface area contributed by atoms with Gasteiger partial charge in [0, 0.05) is 36.2 Å². The van der Waals surface area contributed by atoms with Crippen LogP contribution < -0.4 is 0 Å². The molecule has 0 saturated carbocycles. The van der Waals surface area contributed by atoms with E-state index >= 15 is 0 Å². The van der Waals surface area contributed by atoms with Crippen molar-refractivity contribution in [2.24, 2.45) is 0 Å². The Morgan fingerprint density at radius 1 is 1.26 bits per heavy atom. The van der Waals surface area contributed by atoms with Crippen LogP contribution in [0.5, 0.6) is 0 Å². The van der Waals surface area contributed by atoms with Gasteiger partial charge in [0.25, 0.3) is 0 Å². The summed E-state index contributed by atoms with van der Waals surface area (Å²) in [5.41, 5.74) is 2.71. The number of nitrogens with zero attached hydrogens (tertiary/aromatic N) is 2. The summed E-state index contributed by atoms with van der Waals surface area (Å²) in [5, 5.41) is 1.76. The van der Waals surface area contributed by atoms with E-state index in [4.69, 9.17) is 11.6 Å². The molecule has 4 heteroatoms. The highest BCUT2D eigenvalue weighted by molar-refractivity contribution is 6.31. The second-order valence-corrected chi connectivity index (χ2v) is 4.75. The Morgan fingerprint density at radius 3 is 2.95 bits per heavy atom. The molecule has 0 aliphatic heterocycles. The van der Waals surface area contributed by atoms with E-state index in [-0.39, 0.29) is 0 Å². The van der Waals surface area contributed by atoms with E-state index in [0.717, 1.165) is 22.8 Å². The molecule has 0 aliphatic carbocycles. The third kappa shape index (κ3) is 2.25. The molecule has 3 rings (SSSR count). The highest BCUT2D eigenvalue weighted by Gasteiger charge is 2.05. The molecule has 1 aromatic carbocycles. The summed E-state index contributed by atoms with van der Waals surface area (Å²) in [5.74, 6) is 0. The third-order valence-corrected chi connectivity index (χ3v) is 3.47. The van der Waals surface area contributed by atoms with E-state index in [1.165, 1.54) is 0 Å². The summed E-state index contributed by atoms with van der Waals surface area (Å²) in [4.78, 5) is 14.8. The van der Waals surface area contributed by atoms with Crippen LogP contribution in [0.1, 0.15) is 15.9 Å². The molecular formula is C15H11ClN2O. The van der Waals surface area contributed by atoms with E-state index < -0.39 is 0 Å². The molecule has 0 spiro atoms. The molecule has 0 aliphatic rings. The van der Waals surface area contributed by atoms with Gasteiger partial charge in [-0.1, -0.05) is 23.7 Å². The molecule has 19 heavy (non-hydrogen) atoms. The van der Waals surface area contributed by atoms with Crippen LogP contribution in [0.4, 0.5) is 0 Å². The fourth-order valence-electron chi connectivity index (χ4n) is 2.13. The highest BCUT2D eigenvalue weighted by Crippen LogP contribution is 2.21. The Bertz CT molecular complexity index is 749. The minimum Gasteiger partial charge on any atom is -0.343 e. The zero-order chi connectivity index (χ0) is 13.2. The summed E-state index contributed by atoms with van der Waals surface area (Å²) in [6.45, 7) is 0.660. The summed E-state index contributed by atoms with van der Waals surface area (Å²) in [6, 6.07) is 9.58. The van der Waals surface area contributed by atoms with Crippen LogP contribution in [0.3, 0.4) is 0 Å². The highest BCUT2D eigenvalue weighted by atomic mass is 35.5. The Balaban J connectivity index is 2.06. The molecule has 0 radical (unpaired) electrons. The fourth-order valence-corrected chi connectivity index (χ4v) is 2.31. The van der Waals surface area contributed by atoms with Gasteiger partial charge in [-0.15, -0.1) is 0 Å². The first-order valence-electron chi connectivity index (χ1n) is 5.90. The van der Waals surface area contributed by atoms with Gasteiger partial charge in [0.2, 0.25) is 0 Å². The van der Waals surface area contributed by atoms with Crippen LogP contribution in [0, 0.1) is 0 Å². The number of rotatable bonds is 3. The van der Waals surface area contributed by atoms with Gasteiger partial charge in [-0.25, -0.2) is 0 Å². The lowest BCUT2D eigenvalue weighted by molar-refractivity contribution is 0.112. The second kappa shape index (κ2) is 4.86. The smallest absolute Gasteiger partial charge is 0.150 e. The topological polar surface area (TPSA) is 34.9 Å². The van der Waals surface area contributed by atoms with Gasteiger partial charge >= 0.3 is 0 Å². The maximum absolute atomic E-state index is 10.9. The average molecular weight is 271 g/mol. The lowest BCUT2D eigenvalue weighted by Crippen LogP contribution is -1.99. The number of halogens is 1. The van der Waals surface area contributed by atoms with Crippen LogP contribution in [0.25, 0.3) is 10.9 Å². The number of aromatic nitrogens is 2. The molecule has 0 fully saturated rings. The lowest BCUT2D eigenvalue weighted by atomic mass is 10.2. The van der Waals surface area contributed by atoms with Crippen molar-refractivity contribution >= 4 is 28.8 Å². The van der Waals surface area contributed by atoms with Gasteiger partial charge < -0.3 is 4.57 Å². The van der Waals surface area contributed by atoms with Crippen molar-refractivity contribution in [3.8, 4) is 0 Å². The van der Waals surface area contributed by atoms with Crippen molar-refractivity contribution in [1.82, 2.24) is 9.55 Å². The van der Waals surface area contributed by atoms with E-state index in [1.54, 1.807) is 12.4 Å². The number of carbonyl (C=O) groups is 1. The molecule has 0 N–H and O–H groups in total. The maximum atomic E-state index is 10.9. The van der Waals surface area contributed by atoms with Crippen LogP contribution >= 0.6 is 11.6 Å². The number of pyridine rings is 1. The zero-order valence-electron chi connectivity index (χ0n) is 10.1. The molecule has 2 aromatic heterocycles.